The Morgan fingerprint density at radius 1 is 1.06 bits per heavy atom. The van der Waals surface area contributed by atoms with Crippen molar-refractivity contribution in [3.8, 4) is 11.4 Å². The van der Waals surface area contributed by atoms with Crippen LogP contribution in [0.4, 0.5) is 19.0 Å². The molecule has 0 N–H and O–H groups in total. The van der Waals surface area contributed by atoms with Crippen LogP contribution in [0.3, 0.4) is 0 Å². The number of rotatable bonds is 5. The van der Waals surface area contributed by atoms with Crippen molar-refractivity contribution in [2.45, 2.75) is 60.6 Å². The van der Waals surface area contributed by atoms with Crippen molar-refractivity contribution < 1.29 is 18.0 Å². The molecule has 1 saturated heterocycles. The molecular weight excluding hydrogens is 441 g/mol. The standard InChI is InChI=1S/C26H35F3N4O/c1-17(16-25(4,5)6)14-22(34)32-10-12-33(13-11-32)24-18(2)19(3)30-23(31-24)20-8-7-9-21(15-20)26(27,28)29/h7-9,15,17H,10-14,16H2,1-6H3/t17-/m0/s1. The summed E-state index contributed by atoms with van der Waals surface area (Å²) in [5, 5.41) is 0. The lowest BCUT2D eigenvalue weighted by atomic mass is 9.84. The van der Waals surface area contributed by atoms with Gasteiger partial charge in [0.15, 0.2) is 5.82 Å². The van der Waals surface area contributed by atoms with E-state index in [-0.39, 0.29) is 17.1 Å². The van der Waals surface area contributed by atoms with Gasteiger partial charge in [-0.1, -0.05) is 39.8 Å². The zero-order valence-corrected chi connectivity index (χ0v) is 21.0. The van der Waals surface area contributed by atoms with Gasteiger partial charge in [0.2, 0.25) is 5.91 Å². The average Bonchev–Trinajstić information content (AvgIpc) is 2.74. The molecule has 0 bridgehead atoms. The lowest BCUT2D eigenvalue weighted by molar-refractivity contribution is -0.137. The van der Waals surface area contributed by atoms with Gasteiger partial charge in [-0.2, -0.15) is 13.2 Å². The second-order valence-corrected chi connectivity index (χ2v) is 10.6. The van der Waals surface area contributed by atoms with E-state index in [1.165, 1.54) is 6.07 Å². The largest absolute Gasteiger partial charge is 0.416 e. The van der Waals surface area contributed by atoms with Gasteiger partial charge in [0.1, 0.15) is 5.82 Å². The highest BCUT2D eigenvalue weighted by Crippen LogP contribution is 2.33. The van der Waals surface area contributed by atoms with Crippen molar-refractivity contribution in [2.24, 2.45) is 11.3 Å². The number of benzene rings is 1. The molecule has 1 fully saturated rings. The van der Waals surface area contributed by atoms with Crippen molar-refractivity contribution in [1.29, 1.82) is 0 Å². The summed E-state index contributed by atoms with van der Waals surface area (Å²) in [7, 11) is 0. The molecule has 3 rings (SSSR count). The summed E-state index contributed by atoms with van der Waals surface area (Å²) in [5.41, 5.74) is 1.43. The van der Waals surface area contributed by atoms with Crippen molar-refractivity contribution in [2.75, 3.05) is 31.1 Å². The van der Waals surface area contributed by atoms with Gasteiger partial charge in [-0.15, -0.1) is 0 Å². The topological polar surface area (TPSA) is 49.3 Å². The molecule has 1 aromatic carbocycles. The highest BCUT2D eigenvalue weighted by atomic mass is 19.4. The minimum Gasteiger partial charge on any atom is -0.353 e. The summed E-state index contributed by atoms with van der Waals surface area (Å²) in [5.74, 6) is 1.50. The third kappa shape index (κ3) is 6.48. The molecule has 8 heteroatoms. The van der Waals surface area contributed by atoms with E-state index in [0.29, 0.717) is 49.9 Å². The van der Waals surface area contributed by atoms with Crippen LogP contribution in [0.2, 0.25) is 0 Å². The van der Waals surface area contributed by atoms with Crippen molar-refractivity contribution in [3.05, 3.63) is 41.1 Å². The first-order valence-electron chi connectivity index (χ1n) is 11.8. The molecule has 1 amide bonds. The maximum Gasteiger partial charge on any atom is 0.416 e. The summed E-state index contributed by atoms with van der Waals surface area (Å²) < 4.78 is 39.5. The summed E-state index contributed by atoms with van der Waals surface area (Å²) in [6, 6.07) is 5.10. The summed E-state index contributed by atoms with van der Waals surface area (Å²) in [6.07, 6.45) is -2.88. The number of piperazine rings is 1. The number of alkyl halides is 3. The van der Waals surface area contributed by atoms with Gasteiger partial charge < -0.3 is 9.80 Å². The zero-order valence-electron chi connectivity index (χ0n) is 21.0. The van der Waals surface area contributed by atoms with E-state index in [1.807, 2.05) is 18.7 Å². The van der Waals surface area contributed by atoms with E-state index in [1.54, 1.807) is 6.07 Å². The Bertz CT molecular complexity index is 1020. The number of anilines is 1. The average molecular weight is 477 g/mol. The molecule has 2 aromatic rings. The number of nitrogens with zero attached hydrogens (tertiary/aromatic N) is 4. The first-order valence-corrected chi connectivity index (χ1v) is 11.8. The van der Waals surface area contributed by atoms with Crippen LogP contribution < -0.4 is 4.90 Å². The van der Waals surface area contributed by atoms with E-state index in [0.717, 1.165) is 29.8 Å². The number of carbonyl (C=O) groups is 1. The molecule has 0 aliphatic carbocycles. The third-order valence-electron chi connectivity index (χ3n) is 6.23. The number of aryl methyl sites for hydroxylation is 1. The lowest BCUT2D eigenvalue weighted by Crippen LogP contribution is -2.49. The maximum atomic E-state index is 13.2. The van der Waals surface area contributed by atoms with Gasteiger partial charge in [-0.25, -0.2) is 9.97 Å². The SMILES string of the molecule is Cc1nc(-c2cccc(C(F)(F)F)c2)nc(N2CCN(C(=O)C[C@H](C)CC(C)(C)C)CC2)c1C. The number of carbonyl (C=O) groups excluding carboxylic acids is 1. The van der Waals surface area contributed by atoms with Crippen LogP contribution in [0.1, 0.15) is 57.4 Å². The molecule has 0 saturated carbocycles. The van der Waals surface area contributed by atoms with Crippen LogP contribution in [-0.4, -0.2) is 47.0 Å². The summed E-state index contributed by atoms with van der Waals surface area (Å²) in [4.78, 5) is 25.9. The van der Waals surface area contributed by atoms with Crippen LogP contribution in [-0.2, 0) is 11.0 Å². The Morgan fingerprint density at radius 3 is 2.29 bits per heavy atom. The van der Waals surface area contributed by atoms with E-state index >= 15 is 0 Å². The molecule has 0 spiro atoms. The predicted molar refractivity (Wildman–Crippen MR) is 129 cm³/mol. The van der Waals surface area contributed by atoms with Gasteiger partial charge in [-0.3, -0.25) is 4.79 Å². The molecule has 186 valence electrons. The molecular formula is C26H35F3N4O. The minimum absolute atomic E-state index is 0.177. The fraction of sp³-hybridized carbons (Fsp3) is 0.577. The predicted octanol–water partition coefficient (Wildman–Crippen LogP) is 5.89. The molecule has 5 nitrogen and oxygen atoms in total. The highest BCUT2D eigenvalue weighted by Gasteiger charge is 2.31. The molecule has 0 radical (unpaired) electrons. The van der Waals surface area contributed by atoms with Crippen LogP contribution in [0.25, 0.3) is 11.4 Å². The third-order valence-corrected chi connectivity index (χ3v) is 6.23. The van der Waals surface area contributed by atoms with E-state index in [4.69, 9.17) is 0 Å². The fourth-order valence-corrected chi connectivity index (χ4v) is 4.60. The van der Waals surface area contributed by atoms with Crippen molar-refractivity contribution in [3.63, 3.8) is 0 Å². The monoisotopic (exact) mass is 476 g/mol. The van der Waals surface area contributed by atoms with Crippen LogP contribution in [0.15, 0.2) is 24.3 Å². The molecule has 2 heterocycles. The van der Waals surface area contributed by atoms with Gasteiger partial charge in [0, 0.05) is 49.4 Å². The number of hydrogen-bond acceptors (Lipinski definition) is 4. The van der Waals surface area contributed by atoms with Crippen LogP contribution in [0.5, 0.6) is 0 Å². The van der Waals surface area contributed by atoms with Crippen molar-refractivity contribution >= 4 is 11.7 Å². The Morgan fingerprint density at radius 2 is 1.71 bits per heavy atom. The quantitative estimate of drug-likeness (QED) is 0.540. The first-order chi connectivity index (χ1) is 15.7. The molecule has 0 unspecified atom stereocenters. The Kier molecular flexibility index (Phi) is 7.58. The van der Waals surface area contributed by atoms with Crippen LogP contribution >= 0.6 is 0 Å². The van der Waals surface area contributed by atoms with E-state index in [2.05, 4.69) is 42.6 Å². The second kappa shape index (κ2) is 9.92. The lowest BCUT2D eigenvalue weighted by Gasteiger charge is -2.37. The Balaban J connectivity index is 1.73. The first kappa shape index (κ1) is 26.0. The minimum atomic E-state index is -4.42. The second-order valence-electron chi connectivity index (χ2n) is 10.6. The highest BCUT2D eigenvalue weighted by molar-refractivity contribution is 5.76. The van der Waals surface area contributed by atoms with Crippen LogP contribution in [0, 0.1) is 25.2 Å². The number of aromatic nitrogens is 2. The van der Waals surface area contributed by atoms with Gasteiger partial charge in [0.25, 0.3) is 0 Å². The van der Waals surface area contributed by atoms with Gasteiger partial charge in [0.05, 0.1) is 5.56 Å². The van der Waals surface area contributed by atoms with Gasteiger partial charge >= 0.3 is 6.18 Å². The number of amides is 1. The van der Waals surface area contributed by atoms with Gasteiger partial charge in [-0.05, 0) is 43.7 Å². The normalized spacial score (nSPS) is 16.0. The molecule has 1 aliphatic rings. The number of halogens is 3. The van der Waals surface area contributed by atoms with Crippen molar-refractivity contribution in [1.82, 2.24) is 14.9 Å². The summed E-state index contributed by atoms with van der Waals surface area (Å²) >= 11 is 0. The maximum absolute atomic E-state index is 13.2. The fourth-order valence-electron chi connectivity index (χ4n) is 4.60. The van der Waals surface area contributed by atoms with E-state index in [9.17, 15) is 18.0 Å². The zero-order chi connectivity index (χ0) is 25.3. The summed E-state index contributed by atoms with van der Waals surface area (Å²) in [6.45, 7) is 14.9. The molecule has 1 aromatic heterocycles. The molecule has 1 atom stereocenters. The molecule has 34 heavy (non-hydrogen) atoms. The van der Waals surface area contributed by atoms with E-state index < -0.39 is 11.7 Å². The Hall–Kier alpha value is -2.64. The Labute approximate surface area is 200 Å². The smallest absolute Gasteiger partial charge is 0.353 e. The molecule has 1 aliphatic heterocycles. The number of hydrogen-bond donors (Lipinski definition) is 0.